The molecule has 1 aromatic carbocycles. The SMILES string of the molecule is COc1ccc(C(=O)NC(=S)NC(COC(C)(C)C)C(=O)OC(C)(C)C)cc1. The Morgan fingerprint density at radius 2 is 1.61 bits per heavy atom. The third kappa shape index (κ3) is 9.14. The Morgan fingerprint density at radius 1 is 1.04 bits per heavy atom. The monoisotopic (exact) mass is 410 g/mol. The summed E-state index contributed by atoms with van der Waals surface area (Å²) in [6.07, 6.45) is 0. The van der Waals surface area contributed by atoms with E-state index in [4.69, 9.17) is 26.4 Å². The lowest BCUT2D eigenvalue weighted by molar-refractivity contribution is -0.160. The van der Waals surface area contributed by atoms with Crippen molar-refractivity contribution in [1.29, 1.82) is 0 Å². The highest BCUT2D eigenvalue weighted by molar-refractivity contribution is 7.80. The number of nitrogens with one attached hydrogen (secondary N) is 2. The van der Waals surface area contributed by atoms with E-state index in [9.17, 15) is 9.59 Å². The highest BCUT2D eigenvalue weighted by Gasteiger charge is 2.28. The first kappa shape index (κ1) is 23.8. The Bertz CT molecular complexity index is 690. The number of carbonyl (C=O) groups excluding carboxylic acids is 2. The summed E-state index contributed by atoms with van der Waals surface area (Å²) in [5.74, 6) is -0.279. The molecule has 0 saturated carbocycles. The number of hydrogen-bond donors (Lipinski definition) is 2. The maximum Gasteiger partial charge on any atom is 0.331 e. The maximum atomic E-state index is 12.5. The molecule has 0 aliphatic rings. The smallest absolute Gasteiger partial charge is 0.331 e. The lowest BCUT2D eigenvalue weighted by Gasteiger charge is -2.28. The van der Waals surface area contributed by atoms with Gasteiger partial charge in [-0.1, -0.05) is 0 Å². The van der Waals surface area contributed by atoms with Crippen molar-refractivity contribution >= 4 is 29.2 Å². The number of esters is 1. The van der Waals surface area contributed by atoms with E-state index < -0.39 is 29.1 Å². The van der Waals surface area contributed by atoms with Gasteiger partial charge in [-0.3, -0.25) is 10.1 Å². The Kier molecular flexibility index (Phi) is 8.38. The van der Waals surface area contributed by atoms with Crippen molar-refractivity contribution in [2.45, 2.75) is 58.8 Å². The van der Waals surface area contributed by atoms with Gasteiger partial charge in [-0.2, -0.15) is 0 Å². The number of hydrogen-bond acceptors (Lipinski definition) is 6. The Balaban J connectivity index is 2.77. The van der Waals surface area contributed by atoms with Gasteiger partial charge in [0, 0.05) is 5.56 Å². The fourth-order valence-corrected chi connectivity index (χ4v) is 2.22. The van der Waals surface area contributed by atoms with Crippen molar-refractivity contribution < 1.29 is 23.8 Å². The molecule has 0 saturated heterocycles. The molecule has 0 bridgehead atoms. The molecule has 0 aliphatic heterocycles. The number of amides is 1. The van der Waals surface area contributed by atoms with Gasteiger partial charge in [-0.25, -0.2) is 4.79 Å². The fraction of sp³-hybridized carbons (Fsp3) is 0.550. The van der Waals surface area contributed by atoms with Gasteiger partial charge < -0.3 is 19.5 Å². The van der Waals surface area contributed by atoms with Gasteiger partial charge in [-0.15, -0.1) is 0 Å². The molecule has 1 rings (SSSR count). The van der Waals surface area contributed by atoms with Crippen molar-refractivity contribution in [3.05, 3.63) is 29.8 Å². The van der Waals surface area contributed by atoms with Gasteiger partial charge in [0.05, 0.1) is 19.3 Å². The van der Waals surface area contributed by atoms with Crippen LogP contribution in [0.4, 0.5) is 0 Å². The molecule has 0 aromatic heterocycles. The predicted molar refractivity (Wildman–Crippen MR) is 112 cm³/mol. The molecule has 156 valence electrons. The van der Waals surface area contributed by atoms with Crippen LogP contribution < -0.4 is 15.4 Å². The minimum atomic E-state index is -0.859. The van der Waals surface area contributed by atoms with E-state index in [0.29, 0.717) is 11.3 Å². The number of rotatable bonds is 6. The normalized spacial score (nSPS) is 12.7. The summed E-state index contributed by atoms with van der Waals surface area (Å²) >= 11 is 5.19. The van der Waals surface area contributed by atoms with Crippen molar-refractivity contribution in [3.8, 4) is 5.75 Å². The summed E-state index contributed by atoms with van der Waals surface area (Å²) in [5, 5.41) is 5.38. The zero-order valence-corrected chi connectivity index (χ0v) is 18.4. The van der Waals surface area contributed by atoms with Crippen molar-refractivity contribution in [3.63, 3.8) is 0 Å². The summed E-state index contributed by atoms with van der Waals surface area (Å²) in [5.41, 5.74) is -0.701. The van der Waals surface area contributed by atoms with Crippen LogP contribution in [0.25, 0.3) is 0 Å². The molecule has 1 atom stereocenters. The first-order valence-corrected chi connectivity index (χ1v) is 9.34. The quantitative estimate of drug-likeness (QED) is 0.551. The van der Waals surface area contributed by atoms with Crippen LogP contribution in [0.5, 0.6) is 5.75 Å². The molecule has 0 heterocycles. The summed E-state index contributed by atoms with van der Waals surface area (Å²) in [4.78, 5) is 24.8. The van der Waals surface area contributed by atoms with Crippen LogP contribution in [0.1, 0.15) is 51.9 Å². The van der Waals surface area contributed by atoms with Gasteiger partial charge in [0.25, 0.3) is 5.91 Å². The molecule has 1 amide bonds. The van der Waals surface area contributed by atoms with Crippen LogP contribution in [0.3, 0.4) is 0 Å². The summed E-state index contributed by atoms with van der Waals surface area (Å²) < 4.78 is 16.2. The molecule has 0 spiro atoms. The molecule has 1 aromatic rings. The molecule has 8 heteroatoms. The van der Waals surface area contributed by atoms with Crippen molar-refractivity contribution in [2.24, 2.45) is 0 Å². The summed E-state index contributed by atoms with van der Waals surface area (Å²) in [6, 6.07) is 5.72. The van der Waals surface area contributed by atoms with E-state index in [2.05, 4.69) is 10.6 Å². The van der Waals surface area contributed by atoms with E-state index in [1.807, 2.05) is 20.8 Å². The van der Waals surface area contributed by atoms with Gasteiger partial charge >= 0.3 is 5.97 Å². The molecular formula is C20H30N2O5S. The molecule has 28 heavy (non-hydrogen) atoms. The van der Waals surface area contributed by atoms with E-state index in [-0.39, 0.29) is 11.7 Å². The van der Waals surface area contributed by atoms with Gasteiger partial charge in [0.1, 0.15) is 17.4 Å². The average molecular weight is 411 g/mol. The Hall–Kier alpha value is -2.19. The largest absolute Gasteiger partial charge is 0.497 e. The van der Waals surface area contributed by atoms with Crippen LogP contribution in [-0.4, -0.2) is 47.9 Å². The summed E-state index contributed by atoms with van der Waals surface area (Å²) in [6.45, 7) is 11.0. The Morgan fingerprint density at radius 3 is 2.07 bits per heavy atom. The van der Waals surface area contributed by atoms with Crippen molar-refractivity contribution in [2.75, 3.05) is 13.7 Å². The molecule has 1 unspecified atom stereocenters. The second kappa shape index (κ2) is 9.84. The van der Waals surface area contributed by atoms with Crippen LogP contribution in [0.15, 0.2) is 24.3 Å². The van der Waals surface area contributed by atoms with E-state index in [1.165, 1.54) is 0 Å². The zero-order chi connectivity index (χ0) is 21.5. The van der Waals surface area contributed by atoms with Crippen LogP contribution in [-0.2, 0) is 14.3 Å². The minimum absolute atomic E-state index is 0.00851. The predicted octanol–water partition coefficient (Wildman–Crippen LogP) is 2.82. The standard InChI is InChI=1S/C20H30N2O5S/c1-19(2,3)26-12-15(17(24)27-20(4,5)6)21-18(28)22-16(23)13-8-10-14(25-7)11-9-13/h8-11,15H,12H2,1-7H3,(H2,21,22,23,28). The maximum absolute atomic E-state index is 12.5. The fourth-order valence-electron chi connectivity index (χ4n) is 1.99. The number of ether oxygens (including phenoxy) is 3. The molecular weight excluding hydrogens is 380 g/mol. The first-order chi connectivity index (χ1) is 12.8. The summed E-state index contributed by atoms with van der Waals surface area (Å²) in [7, 11) is 1.55. The number of benzene rings is 1. The number of methoxy groups -OCH3 is 1. The average Bonchev–Trinajstić information content (AvgIpc) is 2.56. The van der Waals surface area contributed by atoms with Crippen molar-refractivity contribution in [1.82, 2.24) is 10.6 Å². The highest BCUT2D eigenvalue weighted by atomic mass is 32.1. The lowest BCUT2D eigenvalue weighted by Crippen LogP contribution is -2.52. The van der Waals surface area contributed by atoms with E-state index in [0.717, 1.165) is 0 Å². The second-order valence-electron chi connectivity index (χ2n) is 8.17. The third-order valence-corrected chi connectivity index (χ3v) is 3.48. The van der Waals surface area contributed by atoms with Gasteiger partial charge in [0.2, 0.25) is 0 Å². The first-order valence-electron chi connectivity index (χ1n) is 8.93. The minimum Gasteiger partial charge on any atom is -0.497 e. The molecule has 2 N–H and O–H groups in total. The number of carbonyl (C=O) groups is 2. The highest BCUT2D eigenvalue weighted by Crippen LogP contribution is 2.13. The van der Waals surface area contributed by atoms with Crippen LogP contribution in [0.2, 0.25) is 0 Å². The van der Waals surface area contributed by atoms with E-state index in [1.54, 1.807) is 52.1 Å². The zero-order valence-electron chi connectivity index (χ0n) is 17.5. The molecule has 7 nitrogen and oxygen atoms in total. The van der Waals surface area contributed by atoms with Gasteiger partial charge in [-0.05, 0) is 78.0 Å². The molecule has 0 aliphatic carbocycles. The second-order valence-corrected chi connectivity index (χ2v) is 8.57. The van der Waals surface area contributed by atoms with Crippen LogP contribution in [0, 0.1) is 0 Å². The van der Waals surface area contributed by atoms with Gasteiger partial charge in [0.15, 0.2) is 5.11 Å². The van der Waals surface area contributed by atoms with E-state index >= 15 is 0 Å². The molecule has 0 radical (unpaired) electrons. The third-order valence-electron chi connectivity index (χ3n) is 3.26. The molecule has 0 fully saturated rings. The Labute approximate surface area is 172 Å². The topological polar surface area (TPSA) is 85.9 Å². The number of thiocarbonyl (C=S) groups is 1. The van der Waals surface area contributed by atoms with Crippen LogP contribution >= 0.6 is 12.2 Å². The lowest BCUT2D eigenvalue weighted by atomic mass is 10.1.